The Morgan fingerprint density at radius 2 is 2.07 bits per heavy atom. The van der Waals surface area contributed by atoms with Crippen molar-refractivity contribution in [3.8, 4) is 0 Å². The number of aliphatic carboxylic acids is 1. The number of benzene rings is 1. The van der Waals surface area contributed by atoms with E-state index in [-0.39, 0.29) is 36.9 Å². The van der Waals surface area contributed by atoms with Crippen LogP contribution in [0.3, 0.4) is 0 Å². The van der Waals surface area contributed by atoms with Gasteiger partial charge in [-0.25, -0.2) is 0 Å². The molecule has 0 spiro atoms. The van der Waals surface area contributed by atoms with E-state index in [4.69, 9.17) is 16.7 Å². The summed E-state index contributed by atoms with van der Waals surface area (Å²) in [5.41, 5.74) is 1.71. The Bertz CT molecular complexity index is 657. The Morgan fingerprint density at radius 1 is 1.37 bits per heavy atom. The minimum absolute atomic E-state index is 0. The standard InChI is InChI=1S/C19H28ClN3O3.ClH/c1-13-6-7-15(20)11-17(13)21-19(26)14(2)23-9-4-5-16(8-10-23)22(3)12-18(24)25;/h6-7,11,14,16H,4-5,8-10,12H2,1-3H3,(H,21,26)(H,24,25);1H. The number of likely N-dealkylation sites (tertiary alicyclic amines) is 1. The lowest BCUT2D eigenvalue weighted by Crippen LogP contribution is -2.43. The lowest BCUT2D eigenvalue weighted by Gasteiger charge is -2.28. The number of hydrogen-bond acceptors (Lipinski definition) is 4. The number of carboxylic acid groups (broad SMARTS) is 1. The first-order valence-corrected chi connectivity index (χ1v) is 9.39. The smallest absolute Gasteiger partial charge is 0.317 e. The Morgan fingerprint density at radius 3 is 2.74 bits per heavy atom. The molecule has 1 saturated heterocycles. The number of halogens is 2. The molecule has 1 heterocycles. The molecule has 2 atom stereocenters. The van der Waals surface area contributed by atoms with Gasteiger partial charge in [-0.1, -0.05) is 17.7 Å². The monoisotopic (exact) mass is 417 g/mol. The van der Waals surface area contributed by atoms with Gasteiger partial charge in [0.25, 0.3) is 0 Å². The number of nitrogens with zero attached hydrogens (tertiary/aromatic N) is 2. The number of likely N-dealkylation sites (N-methyl/N-ethyl adjacent to an activating group) is 1. The average molecular weight is 418 g/mol. The van der Waals surface area contributed by atoms with Crippen LogP contribution in [0.1, 0.15) is 31.7 Å². The summed E-state index contributed by atoms with van der Waals surface area (Å²) < 4.78 is 0. The van der Waals surface area contributed by atoms with Crippen LogP contribution in [-0.2, 0) is 9.59 Å². The number of aryl methyl sites for hydroxylation is 1. The van der Waals surface area contributed by atoms with Gasteiger partial charge in [0.05, 0.1) is 12.6 Å². The molecule has 0 saturated carbocycles. The third-order valence-corrected chi connectivity index (χ3v) is 5.36. The van der Waals surface area contributed by atoms with Crippen molar-refractivity contribution in [3.63, 3.8) is 0 Å². The highest BCUT2D eigenvalue weighted by Gasteiger charge is 2.27. The second-order valence-corrected chi connectivity index (χ2v) is 7.49. The average Bonchev–Trinajstić information content (AvgIpc) is 2.83. The third kappa shape index (κ3) is 6.96. The Balaban J connectivity index is 0.00000364. The van der Waals surface area contributed by atoms with Crippen molar-refractivity contribution in [1.82, 2.24) is 9.80 Å². The van der Waals surface area contributed by atoms with Crippen molar-refractivity contribution in [2.24, 2.45) is 0 Å². The molecule has 0 bridgehead atoms. The molecule has 1 fully saturated rings. The van der Waals surface area contributed by atoms with Gasteiger partial charge in [-0.2, -0.15) is 0 Å². The highest BCUT2D eigenvalue weighted by molar-refractivity contribution is 6.31. The lowest BCUT2D eigenvalue weighted by atomic mass is 10.1. The first-order valence-electron chi connectivity index (χ1n) is 9.01. The van der Waals surface area contributed by atoms with Gasteiger partial charge in [-0.15, -0.1) is 12.4 Å². The van der Waals surface area contributed by atoms with Crippen molar-refractivity contribution in [2.75, 3.05) is 32.0 Å². The number of hydrogen-bond donors (Lipinski definition) is 2. The zero-order chi connectivity index (χ0) is 19.3. The van der Waals surface area contributed by atoms with Crippen molar-refractivity contribution in [3.05, 3.63) is 28.8 Å². The summed E-state index contributed by atoms with van der Waals surface area (Å²) in [6, 6.07) is 5.44. The van der Waals surface area contributed by atoms with Gasteiger partial charge in [-0.3, -0.25) is 19.4 Å². The van der Waals surface area contributed by atoms with Gasteiger partial charge in [-0.05, 0) is 64.4 Å². The van der Waals surface area contributed by atoms with Crippen LogP contribution in [0, 0.1) is 6.92 Å². The lowest BCUT2D eigenvalue weighted by molar-refractivity contribution is -0.138. The van der Waals surface area contributed by atoms with Gasteiger partial charge >= 0.3 is 5.97 Å². The maximum absolute atomic E-state index is 12.7. The normalized spacial score (nSPS) is 19.1. The zero-order valence-electron chi connectivity index (χ0n) is 16.1. The maximum atomic E-state index is 12.7. The van der Waals surface area contributed by atoms with E-state index < -0.39 is 5.97 Å². The van der Waals surface area contributed by atoms with Crippen LogP contribution in [-0.4, -0.2) is 65.5 Å². The van der Waals surface area contributed by atoms with Crippen molar-refractivity contribution in [1.29, 1.82) is 0 Å². The van der Waals surface area contributed by atoms with Crippen molar-refractivity contribution < 1.29 is 14.7 Å². The van der Waals surface area contributed by atoms with Crippen molar-refractivity contribution >= 4 is 41.6 Å². The van der Waals surface area contributed by atoms with Gasteiger partial charge in [0.15, 0.2) is 0 Å². The van der Waals surface area contributed by atoms with E-state index in [1.165, 1.54) is 0 Å². The van der Waals surface area contributed by atoms with E-state index in [0.29, 0.717) is 5.02 Å². The summed E-state index contributed by atoms with van der Waals surface area (Å²) in [6.07, 6.45) is 2.75. The molecule has 27 heavy (non-hydrogen) atoms. The molecule has 2 N–H and O–H groups in total. The molecule has 0 aromatic heterocycles. The topological polar surface area (TPSA) is 72.9 Å². The molecule has 2 rings (SSSR count). The first kappa shape index (κ1) is 23.7. The number of nitrogens with one attached hydrogen (secondary N) is 1. The summed E-state index contributed by atoms with van der Waals surface area (Å²) in [4.78, 5) is 27.6. The van der Waals surface area contributed by atoms with Crippen LogP contribution in [0.15, 0.2) is 18.2 Å². The van der Waals surface area contributed by atoms with Gasteiger partial charge in [0.1, 0.15) is 0 Å². The van der Waals surface area contributed by atoms with Crippen LogP contribution >= 0.6 is 24.0 Å². The quantitative estimate of drug-likeness (QED) is 0.742. The fourth-order valence-electron chi connectivity index (χ4n) is 3.40. The molecular weight excluding hydrogens is 389 g/mol. The van der Waals surface area contributed by atoms with E-state index in [9.17, 15) is 9.59 Å². The second kappa shape index (κ2) is 10.9. The van der Waals surface area contributed by atoms with Crippen LogP contribution in [0.25, 0.3) is 0 Å². The first-order chi connectivity index (χ1) is 12.3. The van der Waals surface area contributed by atoms with E-state index in [2.05, 4.69) is 10.2 Å². The number of amides is 1. The molecule has 0 aliphatic carbocycles. The number of rotatable bonds is 6. The Hall–Kier alpha value is -1.34. The summed E-state index contributed by atoms with van der Waals surface area (Å²) >= 11 is 6.02. The molecule has 1 aliphatic heterocycles. The predicted octanol–water partition coefficient (Wildman–Crippen LogP) is 3.27. The minimum atomic E-state index is -0.807. The molecule has 1 aromatic rings. The molecule has 1 amide bonds. The molecule has 8 heteroatoms. The number of carboxylic acids is 1. The van der Waals surface area contributed by atoms with Gasteiger partial charge in [0.2, 0.25) is 5.91 Å². The minimum Gasteiger partial charge on any atom is -0.480 e. The fraction of sp³-hybridized carbons (Fsp3) is 0.579. The predicted molar refractivity (Wildman–Crippen MR) is 111 cm³/mol. The van der Waals surface area contributed by atoms with Gasteiger partial charge < -0.3 is 10.4 Å². The summed E-state index contributed by atoms with van der Waals surface area (Å²) in [5.74, 6) is -0.856. The van der Waals surface area contributed by atoms with Crippen LogP contribution in [0.2, 0.25) is 5.02 Å². The van der Waals surface area contributed by atoms with E-state index in [1.807, 2.05) is 31.9 Å². The van der Waals surface area contributed by atoms with E-state index in [1.54, 1.807) is 12.1 Å². The highest BCUT2D eigenvalue weighted by atomic mass is 35.5. The third-order valence-electron chi connectivity index (χ3n) is 5.12. The fourth-order valence-corrected chi connectivity index (χ4v) is 3.58. The summed E-state index contributed by atoms with van der Waals surface area (Å²) in [6.45, 7) is 5.51. The molecule has 6 nitrogen and oxygen atoms in total. The van der Waals surface area contributed by atoms with E-state index in [0.717, 1.165) is 43.6 Å². The molecule has 1 aliphatic rings. The van der Waals surface area contributed by atoms with E-state index >= 15 is 0 Å². The molecule has 152 valence electrons. The summed E-state index contributed by atoms with van der Waals surface area (Å²) in [5, 5.41) is 12.5. The number of anilines is 1. The number of carbonyl (C=O) groups is 2. The van der Waals surface area contributed by atoms with Crippen LogP contribution in [0.5, 0.6) is 0 Å². The second-order valence-electron chi connectivity index (χ2n) is 7.05. The maximum Gasteiger partial charge on any atom is 0.317 e. The van der Waals surface area contributed by atoms with Crippen molar-refractivity contribution in [2.45, 2.75) is 45.2 Å². The molecule has 2 unspecified atom stereocenters. The zero-order valence-corrected chi connectivity index (χ0v) is 17.6. The highest BCUT2D eigenvalue weighted by Crippen LogP contribution is 2.22. The Kier molecular flexibility index (Phi) is 9.53. The Labute approximate surface area is 172 Å². The summed E-state index contributed by atoms with van der Waals surface area (Å²) in [7, 11) is 1.85. The molecule has 0 radical (unpaired) electrons. The van der Waals surface area contributed by atoms with Gasteiger partial charge in [0, 0.05) is 23.3 Å². The largest absolute Gasteiger partial charge is 0.480 e. The van der Waals surface area contributed by atoms with Crippen LogP contribution < -0.4 is 5.32 Å². The van der Waals surface area contributed by atoms with Crippen LogP contribution in [0.4, 0.5) is 5.69 Å². The molecule has 1 aromatic carbocycles. The SMILES string of the molecule is Cc1ccc(Cl)cc1NC(=O)C(C)N1CCCC(N(C)CC(=O)O)CC1.Cl. The molecular formula is C19H29Cl2N3O3. The number of carbonyl (C=O) groups excluding carboxylic acids is 1.